The predicted octanol–water partition coefficient (Wildman–Crippen LogP) is 4.90. The Kier molecular flexibility index (Phi) is 5.04. The normalized spacial score (nSPS) is 16.8. The standard InChI is InChI=1S/C23H23N3O3S/c1-28-18-8-4-5-16(12-18)24-23-26(17-6-2-3-7-17)20(14-30-23)15-9-10-21-19(11-15)25-22(27)13-29-21/h4-5,8-12,14,17H,2-3,6-7,13H2,1H3,(H,25,27). The van der Waals surface area contributed by atoms with E-state index < -0.39 is 0 Å². The first-order valence-corrected chi connectivity index (χ1v) is 11.0. The molecule has 0 spiro atoms. The number of carbonyl (C=O) groups is 1. The van der Waals surface area contributed by atoms with E-state index in [9.17, 15) is 4.79 Å². The minimum atomic E-state index is -0.123. The molecule has 0 bridgehead atoms. The summed E-state index contributed by atoms with van der Waals surface area (Å²) >= 11 is 1.64. The summed E-state index contributed by atoms with van der Waals surface area (Å²) in [7, 11) is 1.67. The molecule has 0 unspecified atom stereocenters. The van der Waals surface area contributed by atoms with Gasteiger partial charge in [-0.15, -0.1) is 11.3 Å². The molecular weight excluding hydrogens is 398 g/mol. The Morgan fingerprint density at radius 3 is 2.90 bits per heavy atom. The fourth-order valence-corrected chi connectivity index (χ4v) is 5.15. The van der Waals surface area contributed by atoms with Gasteiger partial charge >= 0.3 is 0 Å². The van der Waals surface area contributed by atoms with Gasteiger partial charge in [0.2, 0.25) is 0 Å². The van der Waals surface area contributed by atoms with Crippen molar-refractivity contribution in [2.75, 3.05) is 19.0 Å². The van der Waals surface area contributed by atoms with Crippen LogP contribution in [0.4, 0.5) is 11.4 Å². The van der Waals surface area contributed by atoms with E-state index >= 15 is 0 Å². The molecule has 1 fully saturated rings. The highest BCUT2D eigenvalue weighted by Crippen LogP contribution is 2.37. The molecule has 2 heterocycles. The van der Waals surface area contributed by atoms with Crippen LogP contribution in [0, 0.1) is 0 Å². The molecule has 1 aliphatic heterocycles. The number of hydrogen-bond acceptors (Lipinski definition) is 5. The molecule has 7 heteroatoms. The van der Waals surface area contributed by atoms with E-state index in [1.807, 2.05) is 36.4 Å². The molecular formula is C23H23N3O3S. The second-order valence-electron chi connectivity index (χ2n) is 7.57. The summed E-state index contributed by atoms with van der Waals surface area (Å²) in [6.45, 7) is 0.0659. The van der Waals surface area contributed by atoms with Crippen LogP contribution in [-0.2, 0) is 4.79 Å². The second-order valence-corrected chi connectivity index (χ2v) is 8.41. The van der Waals surface area contributed by atoms with E-state index in [0.29, 0.717) is 11.8 Å². The maximum Gasteiger partial charge on any atom is 0.262 e. The summed E-state index contributed by atoms with van der Waals surface area (Å²) < 4.78 is 13.2. The Morgan fingerprint density at radius 2 is 2.07 bits per heavy atom. The Hall–Kier alpha value is -3.06. The highest BCUT2D eigenvalue weighted by molar-refractivity contribution is 7.07. The number of benzene rings is 2. The lowest BCUT2D eigenvalue weighted by Crippen LogP contribution is -2.25. The van der Waals surface area contributed by atoms with Crippen LogP contribution in [0.3, 0.4) is 0 Å². The fourth-order valence-electron chi connectivity index (χ4n) is 4.16. The third-order valence-corrected chi connectivity index (χ3v) is 6.46. The molecule has 30 heavy (non-hydrogen) atoms. The Labute approximate surface area is 178 Å². The zero-order chi connectivity index (χ0) is 20.5. The van der Waals surface area contributed by atoms with Gasteiger partial charge in [0, 0.05) is 23.1 Å². The fraction of sp³-hybridized carbons (Fsp3) is 0.304. The highest BCUT2D eigenvalue weighted by atomic mass is 32.1. The molecule has 0 radical (unpaired) electrons. The number of ether oxygens (including phenoxy) is 2. The van der Waals surface area contributed by atoms with Gasteiger partial charge in [0.15, 0.2) is 11.4 Å². The van der Waals surface area contributed by atoms with Crippen LogP contribution in [0.2, 0.25) is 0 Å². The van der Waals surface area contributed by atoms with Crippen LogP contribution in [-0.4, -0.2) is 24.2 Å². The first-order valence-electron chi connectivity index (χ1n) is 10.2. The monoisotopic (exact) mass is 421 g/mol. The molecule has 6 nitrogen and oxygen atoms in total. The quantitative estimate of drug-likeness (QED) is 0.651. The van der Waals surface area contributed by atoms with E-state index in [2.05, 4.69) is 21.3 Å². The van der Waals surface area contributed by atoms with Crippen LogP contribution in [0.15, 0.2) is 52.8 Å². The van der Waals surface area contributed by atoms with E-state index in [-0.39, 0.29) is 12.5 Å². The minimum absolute atomic E-state index is 0.0659. The van der Waals surface area contributed by atoms with Crippen molar-refractivity contribution in [1.29, 1.82) is 0 Å². The summed E-state index contributed by atoms with van der Waals surface area (Å²) in [5.74, 6) is 1.38. The molecule has 0 saturated heterocycles. The smallest absolute Gasteiger partial charge is 0.262 e. The number of fused-ring (bicyclic) bond motifs is 1. The van der Waals surface area contributed by atoms with Crippen LogP contribution in [0.25, 0.3) is 11.3 Å². The van der Waals surface area contributed by atoms with Gasteiger partial charge in [0.05, 0.1) is 24.2 Å². The van der Waals surface area contributed by atoms with Gasteiger partial charge in [0.25, 0.3) is 5.91 Å². The zero-order valence-corrected chi connectivity index (χ0v) is 17.6. The van der Waals surface area contributed by atoms with Crippen molar-refractivity contribution in [3.8, 4) is 22.8 Å². The lowest BCUT2D eigenvalue weighted by Gasteiger charge is -2.20. The van der Waals surface area contributed by atoms with Crippen LogP contribution in [0.5, 0.6) is 11.5 Å². The molecule has 154 valence electrons. The number of anilines is 1. The summed E-state index contributed by atoms with van der Waals surface area (Å²) in [4.78, 5) is 17.7. The Morgan fingerprint density at radius 1 is 1.20 bits per heavy atom. The number of nitrogens with zero attached hydrogens (tertiary/aromatic N) is 2. The SMILES string of the molecule is COc1cccc(N=c2scc(-c3ccc4c(c3)NC(=O)CO4)n2C2CCCC2)c1. The molecule has 1 aromatic heterocycles. The van der Waals surface area contributed by atoms with Gasteiger partial charge in [-0.3, -0.25) is 4.79 Å². The number of aromatic nitrogens is 1. The summed E-state index contributed by atoms with van der Waals surface area (Å²) in [5, 5.41) is 5.07. The molecule has 5 rings (SSSR count). The van der Waals surface area contributed by atoms with E-state index in [1.54, 1.807) is 18.4 Å². The van der Waals surface area contributed by atoms with Gasteiger partial charge in [-0.2, -0.15) is 0 Å². The van der Waals surface area contributed by atoms with Gasteiger partial charge < -0.3 is 19.4 Å². The van der Waals surface area contributed by atoms with E-state index in [0.717, 1.165) is 46.0 Å². The van der Waals surface area contributed by atoms with Crippen molar-refractivity contribution in [2.24, 2.45) is 4.99 Å². The van der Waals surface area contributed by atoms with E-state index in [1.165, 1.54) is 12.8 Å². The molecule has 1 saturated carbocycles. The van der Waals surface area contributed by atoms with E-state index in [4.69, 9.17) is 14.5 Å². The number of amides is 1. The zero-order valence-electron chi connectivity index (χ0n) is 16.8. The largest absolute Gasteiger partial charge is 0.497 e. The molecule has 3 aromatic rings. The number of nitrogens with one attached hydrogen (secondary N) is 1. The average Bonchev–Trinajstić information content (AvgIpc) is 3.43. The summed E-state index contributed by atoms with van der Waals surface area (Å²) in [5.41, 5.74) is 3.77. The summed E-state index contributed by atoms with van der Waals surface area (Å²) in [6, 6.07) is 14.2. The highest BCUT2D eigenvalue weighted by Gasteiger charge is 2.23. The van der Waals surface area contributed by atoms with Crippen molar-refractivity contribution in [3.63, 3.8) is 0 Å². The number of rotatable bonds is 4. The number of thiazole rings is 1. The predicted molar refractivity (Wildman–Crippen MR) is 118 cm³/mol. The number of methoxy groups -OCH3 is 1. The molecule has 1 aliphatic carbocycles. The molecule has 2 aromatic carbocycles. The van der Waals surface area contributed by atoms with Crippen molar-refractivity contribution in [2.45, 2.75) is 31.7 Å². The van der Waals surface area contributed by atoms with Gasteiger partial charge in [-0.1, -0.05) is 18.9 Å². The maximum atomic E-state index is 11.7. The maximum absolute atomic E-state index is 11.7. The van der Waals surface area contributed by atoms with Crippen LogP contribution < -0.4 is 19.6 Å². The van der Waals surface area contributed by atoms with Gasteiger partial charge in [0.1, 0.15) is 11.5 Å². The summed E-state index contributed by atoms with van der Waals surface area (Å²) in [6.07, 6.45) is 4.78. The van der Waals surface area contributed by atoms with Crippen LogP contribution >= 0.6 is 11.3 Å². The topological polar surface area (TPSA) is 64.8 Å². The van der Waals surface area contributed by atoms with Crippen molar-refractivity contribution < 1.29 is 14.3 Å². The van der Waals surface area contributed by atoms with Gasteiger partial charge in [-0.25, -0.2) is 4.99 Å². The molecule has 0 atom stereocenters. The molecule has 2 aliphatic rings. The third kappa shape index (κ3) is 3.61. The average molecular weight is 422 g/mol. The second kappa shape index (κ2) is 7.99. The Balaban J connectivity index is 1.62. The minimum Gasteiger partial charge on any atom is -0.497 e. The first kappa shape index (κ1) is 18.9. The first-order chi connectivity index (χ1) is 14.7. The molecule has 1 N–H and O–H groups in total. The molecule has 1 amide bonds. The number of hydrogen-bond donors (Lipinski definition) is 1. The lowest BCUT2D eigenvalue weighted by atomic mass is 10.1. The van der Waals surface area contributed by atoms with Crippen molar-refractivity contribution in [1.82, 2.24) is 4.57 Å². The number of carbonyl (C=O) groups excluding carboxylic acids is 1. The van der Waals surface area contributed by atoms with Crippen molar-refractivity contribution in [3.05, 3.63) is 52.6 Å². The van der Waals surface area contributed by atoms with Crippen LogP contribution in [0.1, 0.15) is 31.7 Å². The van der Waals surface area contributed by atoms with Gasteiger partial charge in [-0.05, 0) is 43.2 Å². The Bertz CT molecular complexity index is 1160. The third-order valence-electron chi connectivity index (χ3n) is 5.62. The lowest BCUT2D eigenvalue weighted by molar-refractivity contribution is -0.118. The van der Waals surface area contributed by atoms with Crippen molar-refractivity contribution >= 4 is 28.6 Å².